The number of aliphatic hydroxyl groups excluding tert-OH is 1. The summed E-state index contributed by atoms with van der Waals surface area (Å²) in [7, 11) is 0. The van der Waals surface area contributed by atoms with Crippen LogP contribution in [0.15, 0.2) is 15.9 Å². The molecule has 0 aliphatic rings. The second kappa shape index (κ2) is 7.76. The quantitative estimate of drug-likeness (QED) is 0.749. The second-order valence-corrected chi connectivity index (χ2v) is 7.09. The summed E-state index contributed by atoms with van der Waals surface area (Å²) in [6, 6.07) is 3.50. The molecule has 0 spiro atoms. The first kappa shape index (κ1) is 15.5. The SMILES string of the molecule is CC(C)CC(CO)NC(=O)NCc1ccc(Br)s1. The molecule has 1 atom stereocenters. The van der Waals surface area contributed by atoms with Crippen molar-refractivity contribution in [3.05, 3.63) is 20.8 Å². The van der Waals surface area contributed by atoms with Gasteiger partial charge in [-0.3, -0.25) is 0 Å². The van der Waals surface area contributed by atoms with Crippen LogP contribution in [-0.4, -0.2) is 23.8 Å². The predicted octanol–water partition coefficient (Wildman–Crippen LogP) is 2.72. The van der Waals surface area contributed by atoms with Gasteiger partial charge in [0.1, 0.15) is 0 Å². The van der Waals surface area contributed by atoms with E-state index in [0.29, 0.717) is 12.5 Å². The number of urea groups is 1. The van der Waals surface area contributed by atoms with Gasteiger partial charge in [0.15, 0.2) is 0 Å². The summed E-state index contributed by atoms with van der Waals surface area (Å²) >= 11 is 4.96. The highest BCUT2D eigenvalue weighted by Gasteiger charge is 2.12. The number of rotatable bonds is 6. The molecule has 0 saturated heterocycles. The lowest BCUT2D eigenvalue weighted by Crippen LogP contribution is -2.44. The number of thiophene rings is 1. The summed E-state index contributed by atoms with van der Waals surface area (Å²) in [5, 5.41) is 14.7. The van der Waals surface area contributed by atoms with Crippen LogP contribution in [0.3, 0.4) is 0 Å². The summed E-state index contributed by atoms with van der Waals surface area (Å²) in [4.78, 5) is 12.7. The molecule has 1 aromatic heterocycles. The fourth-order valence-electron chi connectivity index (χ4n) is 1.60. The molecule has 102 valence electrons. The van der Waals surface area contributed by atoms with Crippen LogP contribution in [-0.2, 0) is 6.54 Å². The van der Waals surface area contributed by atoms with Crippen LogP contribution in [0.2, 0.25) is 0 Å². The van der Waals surface area contributed by atoms with Gasteiger partial charge >= 0.3 is 6.03 Å². The largest absolute Gasteiger partial charge is 0.394 e. The third-order valence-electron chi connectivity index (χ3n) is 2.36. The average Bonchev–Trinajstić information content (AvgIpc) is 2.71. The zero-order valence-electron chi connectivity index (χ0n) is 10.6. The Morgan fingerprint density at radius 2 is 2.22 bits per heavy atom. The standard InChI is InChI=1S/C12H19BrN2O2S/c1-8(2)5-9(7-16)15-12(17)14-6-10-3-4-11(13)18-10/h3-4,8-9,16H,5-7H2,1-2H3,(H2,14,15,17). The molecule has 18 heavy (non-hydrogen) atoms. The first-order chi connectivity index (χ1) is 8.51. The van der Waals surface area contributed by atoms with Gasteiger partial charge < -0.3 is 15.7 Å². The molecule has 0 aliphatic heterocycles. The minimum Gasteiger partial charge on any atom is -0.394 e. The minimum atomic E-state index is -0.237. The van der Waals surface area contributed by atoms with Crippen molar-refractivity contribution in [2.75, 3.05) is 6.61 Å². The van der Waals surface area contributed by atoms with Crippen LogP contribution in [0, 0.1) is 5.92 Å². The maximum atomic E-state index is 11.6. The highest BCUT2D eigenvalue weighted by atomic mass is 79.9. The van der Waals surface area contributed by atoms with Gasteiger partial charge in [-0.15, -0.1) is 11.3 Å². The number of carbonyl (C=O) groups excluding carboxylic acids is 1. The molecule has 4 nitrogen and oxygen atoms in total. The van der Waals surface area contributed by atoms with Gasteiger partial charge in [-0.1, -0.05) is 13.8 Å². The van der Waals surface area contributed by atoms with Gasteiger partial charge in [0, 0.05) is 4.88 Å². The lowest BCUT2D eigenvalue weighted by atomic mass is 10.0. The number of hydrogen-bond acceptors (Lipinski definition) is 3. The number of amides is 2. The lowest BCUT2D eigenvalue weighted by molar-refractivity contribution is 0.207. The van der Waals surface area contributed by atoms with E-state index in [1.807, 2.05) is 12.1 Å². The van der Waals surface area contributed by atoms with Crippen LogP contribution >= 0.6 is 27.3 Å². The fourth-order valence-corrected chi connectivity index (χ4v) is 3.02. The van der Waals surface area contributed by atoms with Crippen LogP contribution in [0.1, 0.15) is 25.1 Å². The zero-order valence-corrected chi connectivity index (χ0v) is 13.0. The van der Waals surface area contributed by atoms with Crippen LogP contribution < -0.4 is 10.6 Å². The number of nitrogens with one attached hydrogen (secondary N) is 2. The van der Waals surface area contributed by atoms with Crippen molar-refractivity contribution in [3.63, 3.8) is 0 Å². The van der Waals surface area contributed by atoms with E-state index in [-0.39, 0.29) is 18.7 Å². The van der Waals surface area contributed by atoms with E-state index >= 15 is 0 Å². The van der Waals surface area contributed by atoms with Gasteiger partial charge in [-0.2, -0.15) is 0 Å². The second-order valence-electron chi connectivity index (χ2n) is 4.54. The van der Waals surface area contributed by atoms with Crippen molar-refractivity contribution in [1.29, 1.82) is 0 Å². The maximum Gasteiger partial charge on any atom is 0.315 e. The van der Waals surface area contributed by atoms with Crippen LogP contribution in [0.5, 0.6) is 0 Å². The smallest absolute Gasteiger partial charge is 0.315 e. The third-order valence-corrected chi connectivity index (χ3v) is 3.99. The summed E-state index contributed by atoms with van der Waals surface area (Å²) in [5.74, 6) is 0.440. The van der Waals surface area contributed by atoms with Gasteiger partial charge in [0.2, 0.25) is 0 Å². The highest BCUT2D eigenvalue weighted by molar-refractivity contribution is 9.11. The molecule has 0 aromatic carbocycles. The summed E-state index contributed by atoms with van der Waals surface area (Å²) in [6.07, 6.45) is 0.772. The van der Waals surface area contributed by atoms with E-state index < -0.39 is 0 Å². The monoisotopic (exact) mass is 334 g/mol. The summed E-state index contributed by atoms with van der Waals surface area (Å²) in [6.45, 7) is 4.59. The molecule has 3 N–H and O–H groups in total. The molecular formula is C12H19BrN2O2S. The zero-order chi connectivity index (χ0) is 13.5. The molecule has 0 aliphatic carbocycles. The van der Waals surface area contributed by atoms with Crippen LogP contribution in [0.25, 0.3) is 0 Å². The van der Waals surface area contributed by atoms with E-state index in [2.05, 4.69) is 40.4 Å². The van der Waals surface area contributed by atoms with E-state index in [1.54, 1.807) is 11.3 Å². The van der Waals surface area contributed by atoms with Crippen molar-refractivity contribution in [1.82, 2.24) is 10.6 Å². The fraction of sp³-hybridized carbons (Fsp3) is 0.583. The van der Waals surface area contributed by atoms with Crippen molar-refractivity contribution < 1.29 is 9.90 Å². The molecule has 0 bridgehead atoms. The molecular weight excluding hydrogens is 316 g/mol. The Hall–Kier alpha value is -0.590. The van der Waals surface area contributed by atoms with Gasteiger partial charge in [-0.05, 0) is 40.4 Å². The highest BCUT2D eigenvalue weighted by Crippen LogP contribution is 2.21. The number of halogens is 1. The molecule has 1 rings (SSSR count). The van der Waals surface area contributed by atoms with Crippen LogP contribution in [0.4, 0.5) is 4.79 Å². The molecule has 1 unspecified atom stereocenters. The van der Waals surface area contributed by atoms with Crippen molar-refractivity contribution in [2.24, 2.45) is 5.92 Å². The van der Waals surface area contributed by atoms with Gasteiger partial charge in [0.05, 0.1) is 23.0 Å². The lowest BCUT2D eigenvalue weighted by Gasteiger charge is -2.18. The van der Waals surface area contributed by atoms with Gasteiger partial charge in [-0.25, -0.2) is 4.79 Å². The van der Waals surface area contributed by atoms with Crippen molar-refractivity contribution >= 4 is 33.3 Å². The Labute approximate surface area is 120 Å². The Morgan fingerprint density at radius 3 is 2.72 bits per heavy atom. The predicted molar refractivity (Wildman–Crippen MR) is 77.7 cm³/mol. The molecule has 1 aromatic rings. The van der Waals surface area contributed by atoms with Crippen molar-refractivity contribution in [2.45, 2.75) is 32.9 Å². The Morgan fingerprint density at radius 1 is 1.50 bits per heavy atom. The molecule has 0 fully saturated rings. The number of aliphatic hydroxyl groups is 1. The Balaban J connectivity index is 2.32. The van der Waals surface area contributed by atoms with E-state index in [9.17, 15) is 4.79 Å². The first-order valence-electron chi connectivity index (χ1n) is 5.90. The topological polar surface area (TPSA) is 61.4 Å². The molecule has 0 radical (unpaired) electrons. The molecule has 0 saturated carbocycles. The molecule has 6 heteroatoms. The first-order valence-corrected chi connectivity index (χ1v) is 7.51. The van der Waals surface area contributed by atoms with Gasteiger partial charge in [0.25, 0.3) is 0 Å². The number of hydrogen-bond donors (Lipinski definition) is 3. The molecule has 1 heterocycles. The Bertz CT molecular complexity index is 382. The molecule has 2 amide bonds. The Kier molecular flexibility index (Phi) is 6.67. The van der Waals surface area contributed by atoms with E-state index in [4.69, 9.17) is 5.11 Å². The normalized spacial score (nSPS) is 12.5. The van der Waals surface area contributed by atoms with E-state index in [0.717, 1.165) is 15.1 Å². The third kappa shape index (κ3) is 5.84. The van der Waals surface area contributed by atoms with Crippen molar-refractivity contribution in [3.8, 4) is 0 Å². The summed E-state index contributed by atoms with van der Waals surface area (Å²) < 4.78 is 1.05. The maximum absolute atomic E-state index is 11.6. The number of carbonyl (C=O) groups is 1. The minimum absolute atomic E-state index is 0.0316. The average molecular weight is 335 g/mol. The summed E-state index contributed by atoms with van der Waals surface area (Å²) in [5.41, 5.74) is 0. The van der Waals surface area contributed by atoms with E-state index in [1.165, 1.54) is 0 Å².